The molecule has 6 heteroatoms. The number of imidazole rings is 1. The zero-order chi connectivity index (χ0) is 13.7. The third kappa shape index (κ3) is 3.27. The van der Waals surface area contributed by atoms with Crippen molar-refractivity contribution in [3.63, 3.8) is 0 Å². The van der Waals surface area contributed by atoms with Crippen molar-refractivity contribution < 1.29 is 0 Å². The van der Waals surface area contributed by atoms with Gasteiger partial charge in [0.1, 0.15) is 5.82 Å². The van der Waals surface area contributed by atoms with E-state index >= 15 is 0 Å². The Balaban J connectivity index is 1.85. The summed E-state index contributed by atoms with van der Waals surface area (Å²) in [5.41, 5.74) is 7.88. The zero-order valence-electron chi connectivity index (χ0n) is 11.6. The Hall–Kier alpha value is -1.98. The highest BCUT2D eigenvalue weighted by molar-refractivity contribution is 5.64. The fourth-order valence-corrected chi connectivity index (χ4v) is 2.11. The maximum absolute atomic E-state index is 6.11. The molecule has 0 spiro atoms. The van der Waals surface area contributed by atoms with Gasteiger partial charge in [-0.2, -0.15) is 5.10 Å². The van der Waals surface area contributed by atoms with Gasteiger partial charge >= 0.3 is 0 Å². The standard InChI is InChI=1S/C13H22N6/c1-3-5-11-12(14)13(18(2)17-11)16-6-4-8-19-9-7-15-10-19/h7,9-10,16H,3-6,8,14H2,1-2H3. The van der Waals surface area contributed by atoms with Crippen LogP contribution in [0.15, 0.2) is 18.7 Å². The monoisotopic (exact) mass is 262 g/mol. The fraction of sp³-hybridized carbons (Fsp3) is 0.538. The van der Waals surface area contributed by atoms with Crippen molar-refractivity contribution in [3.8, 4) is 0 Å². The van der Waals surface area contributed by atoms with Crippen LogP contribution in [0, 0.1) is 0 Å². The lowest BCUT2D eigenvalue weighted by atomic mass is 10.2. The van der Waals surface area contributed by atoms with Gasteiger partial charge in [0.2, 0.25) is 0 Å². The Morgan fingerprint density at radius 2 is 2.26 bits per heavy atom. The summed E-state index contributed by atoms with van der Waals surface area (Å²) in [4.78, 5) is 4.02. The van der Waals surface area contributed by atoms with Gasteiger partial charge in [0, 0.05) is 32.5 Å². The van der Waals surface area contributed by atoms with Gasteiger partial charge in [-0.3, -0.25) is 4.68 Å². The Kier molecular flexibility index (Phi) is 4.43. The SMILES string of the molecule is CCCc1nn(C)c(NCCCn2ccnc2)c1N. The molecule has 0 unspecified atom stereocenters. The van der Waals surface area contributed by atoms with E-state index in [0.717, 1.165) is 49.6 Å². The summed E-state index contributed by atoms with van der Waals surface area (Å²) in [5.74, 6) is 0.925. The topological polar surface area (TPSA) is 73.7 Å². The maximum atomic E-state index is 6.11. The highest BCUT2D eigenvalue weighted by atomic mass is 15.3. The summed E-state index contributed by atoms with van der Waals surface area (Å²) < 4.78 is 3.90. The number of rotatable bonds is 7. The molecule has 0 saturated carbocycles. The molecule has 104 valence electrons. The van der Waals surface area contributed by atoms with Crippen LogP contribution in [0.3, 0.4) is 0 Å². The number of aromatic nitrogens is 4. The molecular weight excluding hydrogens is 240 g/mol. The fourth-order valence-electron chi connectivity index (χ4n) is 2.11. The predicted octanol–water partition coefficient (Wildman–Crippen LogP) is 1.65. The van der Waals surface area contributed by atoms with Gasteiger partial charge in [-0.25, -0.2) is 4.98 Å². The van der Waals surface area contributed by atoms with Crippen molar-refractivity contribution in [2.75, 3.05) is 17.6 Å². The van der Waals surface area contributed by atoms with E-state index in [1.165, 1.54) is 0 Å². The minimum absolute atomic E-state index is 0.784. The van der Waals surface area contributed by atoms with E-state index in [9.17, 15) is 0 Å². The van der Waals surface area contributed by atoms with E-state index in [1.807, 2.05) is 24.3 Å². The molecule has 0 fully saturated rings. The maximum Gasteiger partial charge on any atom is 0.147 e. The van der Waals surface area contributed by atoms with Crippen molar-refractivity contribution in [2.45, 2.75) is 32.7 Å². The minimum atomic E-state index is 0.784. The highest BCUT2D eigenvalue weighted by Crippen LogP contribution is 2.22. The van der Waals surface area contributed by atoms with Crippen LogP contribution in [-0.2, 0) is 20.0 Å². The van der Waals surface area contributed by atoms with Crippen LogP contribution in [0.25, 0.3) is 0 Å². The normalized spacial score (nSPS) is 10.8. The van der Waals surface area contributed by atoms with E-state index in [1.54, 1.807) is 6.20 Å². The van der Waals surface area contributed by atoms with Gasteiger partial charge < -0.3 is 15.6 Å². The largest absolute Gasteiger partial charge is 0.394 e. The molecule has 0 aromatic carbocycles. The lowest BCUT2D eigenvalue weighted by Crippen LogP contribution is -2.10. The molecule has 0 atom stereocenters. The zero-order valence-corrected chi connectivity index (χ0v) is 11.6. The molecule has 0 aliphatic rings. The second-order valence-electron chi connectivity index (χ2n) is 4.66. The summed E-state index contributed by atoms with van der Waals surface area (Å²) in [7, 11) is 1.92. The third-order valence-electron chi connectivity index (χ3n) is 3.09. The number of nitrogens with two attached hydrogens (primary N) is 1. The number of aryl methyl sites for hydroxylation is 3. The summed E-state index contributed by atoms with van der Waals surface area (Å²) in [6.45, 7) is 3.95. The van der Waals surface area contributed by atoms with E-state index in [0.29, 0.717) is 0 Å². The molecule has 0 amide bonds. The second-order valence-corrected chi connectivity index (χ2v) is 4.66. The van der Waals surface area contributed by atoms with Crippen LogP contribution in [0.4, 0.5) is 11.5 Å². The predicted molar refractivity (Wildman–Crippen MR) is 76.9 cm³/mol. The summed E-state index contributed by atoms with van der Waals surface area (Å²) >= 11 is 0. The number of anilines is 2. The van der Waals surface area contributed by atoms with Crippen molar-refractivity contribution in [2.24, 2.45) is 7.05 Å². The van der Waals surface area contributed by atoms with Crippen LogP contribution in [0.2, 0.25) is 0 Å². The van der Waals surface area contributed by atoms with E-state index in [-0.39, 0.29) is 0 Å². The molecule has 2 rings (SSSR count). The van der Waals surface area contributed by atoms with Crippen LogP contribution < -0.4 is 11.1 Å². The first-order valence-corrected chi connectivity index (χ1v) is 6.73. The van der Waals surface area contributed by atoms with E-state index < -0.39 is 0 Å². The van der Waals surface area contributed by atoms with E-state index in [2.05, 4.69) is 26.9 Å². The summed E-state index contributed by atoms with van der Waals surface area (Å²) in [5, 5.41) is 7.81. The lowest BCUT2D eigenvalue weighted by molar-refractivity contribution is 0.656. The minimum Gasteiger partial charge on any atom is -0.394 e. The molecule has 0 radical (unpaired) electrons. The second kappa shape index (κ2) is 6.26. The van der Waals surface area contributed by atoms with Crippen molar-refractivity contribution in [1.82, 2.24) is 19.3 Å². The third-order valence-corrected chi connectivity index (χ3v) is 3.09. The molecule has 0 saturated heterocycles. The van der Waals surface area contributed by atoms with Gasteiger partial charge in [0.25, 0.3) is 0 Å². The Bertz CT molecular complexity index is 499. The number of nitrogen functional groups attached to an aromatic ring is 1. The first kappa shape index (κ1) is 13.5. The molecule has 6 nitrogen and oxygen atoms in total. The van der Waals surface area contributed by atoms with Gasteiger partial charge in [-0.05, 0) is 12.8 Å². The molecule has 2 aromatic rings. The molecule has 2 aromatic heterocycles. The molecule has 0 bridgehead atoms. The van der Waals surface area contributed by atoms with Crippen LogP contribution in [0.1, 0.15) is 25.5 Å². The van der Waals surface area contributed by atoms with Gasteiger partial charge in [0.15, 0.2) is 0 Å². The number of hydrogen-bond acceptors (Lipinski definition) is 4. The van der Waals surface area contributed by atoms with Gasteiger partial charge in [-0.1, -0.05) is 13.3 Å². The molecule has 2 heterocycles. The van der Waals surface area contributed by atoms with Crippen LogP contribution in [0.5, 0.6) is 0 Å². The molecule has 0 aliphatic carbocycles. The van der Waals surface area contributed by atoms with Crippen LogP contribution >= 0.6 is 0 Å². The summed E-state index contributed by atoms with van der Waals surface area (Å²) in [6, 6.07) is 0. The average molecular weight is 262 g/mol. The number of hydrogen-bond donors (Lipinski definition) is 2. The van der Waals surface area contributed by atoms with Crippen LogP contribution in [-0.4, -0.2) is 25.9 Å². The molecule has 0 aliphatic heterocycles. The van der Waals surface area contributed by atoms with E-state index in [4.69, 9.17) is 5.73 Å². The number of nitrogens with zero attached hydrogens (tertiary/aromatic N) is 4. The Morgan fingerprint density at radius 1 is 1.42 bits per heavy atom. The quantitative estimate of drug-likeness (QED) is 0.744. The molecule has 3 N–H and O–H groups in total. The Morgan fingerprint density at radius 3 is 2.95 bits per heavy atom. The molecule has 19 heavy (non-hydrogen) atoms. The average Bonchev–Trinajstić information content (AvgIpc) is 2.98. The van der Waals surface area contributed by atoms with Gasteiger partial charge in [-0.15, -0.1) is 0 Å². The van der Waals surface area contributed by atoms with Crippen molar-refractivity contribution in [1.29, 1.82) is 0 Å². The van der Waals surface area contributed by atoms with Gasteiger partial charge in [0.05, 0.1) is 17.7 Å². The Labute approximate surface area is 113 Å². The van der Waals surface area contributed by atoms with Crippen molar-refractivity contribution in [3.05, 3.63) is 24.4 Å². The van der Waals surface area contributed by atoms with Crippen molar-refractivity contribution >= 4 is 11.5 Å². The lowest BCUT2D eigenvalue weighted by Gasteiger charge is -2.08. The summed E-state index contributed by atoms with van der Waals surface area (Å²) in [6.07, 6.45) is 8.60. The smallest absolute Gasteiger partial charge is 0.147 e. The molecular formula is C13H22N6. The first-order chi connectivity index (χ1) is 9.22. The number of nitrogens with one attached hydrogen (secondary N) is 1. The highest BCUT2D eigenvalue weighted by Gasteiger charge is 2.11. The first-order valence-electron chi connectivity index (χ1n) is 6.73.